The Morgan fingerprint density at radius 3 is 2.44 bits per heavy atom. The molecule has 134 valence electrons. The molecule has 2 rings (SSSR count). The van der Waals surface area contributed by atoms with Crippen molar-refractivity contribution in [3.05, 3.63) is 42.2 Å². The fourth-order valence-electron chi connectivity index (χ4n) is 2.39. The zero-order valence-corrected chi connectivity index (χ0v) is 15.7. The van der Waals surface area contributed by atoms with E-state index < -0.39 is 0 Å². The highest BCUT2D eigenvalue weighted by atomic mass is 32.2. The van der Waals surface area contributed by atoms with Gasteiger partial charge < -0.3 is 14.8 Å². The van der Waals surface area contributed by atoms with E-state index in [0.717, 1.165) is 11.7 Å². The predicted octanol–water partition coefficient (Wildman–Crippen LogP) is 3.12. The molecular formula is C18H24N4O2S. The summed E-state index contributed by atoms with van der Waals surface area (Å²) in [4.78, 5) is 30.3. The summed E-state index contributed by atoms with van der Waals surface area (Å²) in [5.74, 6) is 0.195. The number of carbonyl (C=O) groups excluding carboxylic acids is 2. The second kappa shape index (κ2) is 9.27. The maximum Gasteiger partial charge on any atom is 0.253 e. The van der Waals surface area contributed by atoms with Gasteiger partial charge in [0.2, 0.25) is 5.91 Å². The molecular weight excluding hydrogens is 336 g/mol. The minimum absolute atomic E-state index is 0.00448. The highest BCUT2D eigenvalue weighted by Crippen LogP contribution is 2.17. The third kappa shape index (κ3) is 5.09. The van der Waals surface area contributed by atoms with E-state index in [1.165, 1.54) is 11.8 Å². The standard InChI is InChI=1S/C18H24N4O2S/c1-4-21(5-2)17(24)14-7-9-15(10-8-14)20-16(23)13-25-18-19-11-12-22(18)6-3/h7-12H,4-6,13H2,1-3H3,(H,20,23). The summed E-state index contributed by atoms with van der Waals surface area (Å²) < 4.78 is 1.99. The second-order valence-corrected chi connectivity index (χ2v) is 6.33. The largest absolute Gasteiger partial charge is 0.339 e. The summed E-state index contributed by atoms with van der Waals surface area (Å²) in [6.07, 6.45) is 3.63. The molecule has 0 fully saturated rings. The Balaban J connectivity index is 1.90. The van der Waals surface area contributed by atoms with Crippen LogP contribution in [-0.2, 0) is 11.3 Å². The number of benzene rings is 1. The van der Waals surface area contributed by atoms with Gasteiger partial charge in [0.15, 0.2) is 5.16 Å². The summed E-state index contributed by atoms with van der Waals surface area (Å²) in [6, 6.07) is 7.00. The minimum Gasteiger partial charge on any atom is -0.339 e. The molecule has 1 aromatic carbocycles. The first kappa shape index (κ1) is 19.1. The SMILES string of the molecule is CCN(CC)C(=O)c1ccc(NC(=O)CSc2nccn2CC)cc1. The molecule has 7 heteroatoms. The molecule has 0 saturated heterocycles. The molecule has 0 aliphatic carbocycles. The lowest BCUT2D eigenvalue weighted by atomic mass is 10.2. The van der Waals surface area contributed by atoms with Gasteiger partial charge in [-0.1, -0.05) is 11.8 Å². The summed E-state index contributed by atoms with van der Waals surface area (Å²) in [5, 5.41) is 3.67. The number of nitrogens with zero attached hydrogens (tertiary/aromatic N) is 3. The first-order valence-electron chi connectivity index (χ1n) is 8.42. The lowest BCUT2D eigenvalue weighted by Crippen LogP contribution is -2.30. The Bertz CT molecular complexity index is 708. The monoisotopic (exact) mass is 360 g/mol. The van der Waals surface area contributed by atoms with E-state index in [4.69, 9.17) is 0 Å². The first-order chi connectivity index (χ1) is 12.1. The van der Waals surface area contributed by atoms with E-state index in [2.05, 4.69) is 10.3 Å². The fourth-order valence-corrected chi connectivity index (χ4v) is 3.22. The van der Waals surface area contributed by atoms with Crippen LogP contribution in [0.4, 0.5) is 5.69 Å². The maximum absolute atomic E-state index is 12.3. The summed E-state index contributed by atoms with van der Waals surface area (Å²) >= 11 is 1.40. The molecule has 1 heterocycles. The van der Waals surface area contributed by atoms with Crippen LogP contribution in [0.1, 0.15) is 31.1 Å². The van der Waals surface area contributed by atoms with Crippen molar-refractivity contribution >= 4 is 29.3 Å². The zero-order chi connectivity index (χ0) is 18.2. The maximum atomic E-state index is 12.3. The van der Waals surface area contributed by atoms with Crippen LogP contribution in [0.15, 0.2) is 41.8 Å². The van der Waals surface area contributed by atoms with E-state index in [1.54, 1.807) is 35.4 Å². The smallest absolute Gasteiger partial charge is 0.253 e. The van der Waals surface area contributed by atoms with Crippen molar-refractivity contribution in [2.75, 3.05) is 24.2 Å². The Labute approximate surface area is 152 Å². The lowest BCUT2D eigenvalue weighted by molar-refractivity contribution is -0.113. The number of hydrogen-bond donors (Lipinski definition) is 1. The van der Waals surface area contributed by atoms with Gasteiger partial charge in [0.1, 0.15) is 0 Å². The minimum atomic E-state index is -0.0986. The van der Waals surface area contributed by atoms with Gasteiger partial charge in [-0.2, -0.15) is 0 Å². The zero-order valence-electron chi connectivity index (χ0n) is 14.9. The number of imidazole rings is 1. The Morgan fingerprint density at radius 2 is 1.84 bits per heavy atom. The van der Waals surface area contributed by atoms with Crippen molar-refractivity contribution in [1.29, 1.82) is 0 Å². The number of aromatic nitrogens is 2. The predicted molar refractivity (Wildman–Crippen MR) is 101 cm³/mol. The molecule has 0 radical (unpaired) electrons. The molecule has 0 spiro atoms. The average molecular weight is 360 g/mol. The topological polar surface area (TPSA) is 67.2 Å². The van der Waals surface area contributed by atoms with Crippen molar-refractivity contribution in [2.24, 2.45) is 0 Å². The fraction of sp³-hybridized carbons (Fsp3) is 0.389. The summed E-state index contributed by atoms with van der Waals surface area (Å²) in [6.45, 7) is 8.13. The number of rotatable bonds is 8. The molecule has 0 bridgehead atoms. The van der Waals surface area contributed by atoms with E-state index in [0.29, 0.717) is 24.3 Å². The molecule has 0 atom stereocenters. The Morgan fingerprint density at radius 1 is 1.16 bits per heavy atom. The van der Waals surface area contributed by atoms with Crippen LogP contribution in [0, 0.1) is 0 Å². The second-order valence-electron chi connectivity index (χ2n) is 5.39. The van der Waals surface area contributed by atoms with Gasteiger partial charge in [-0.05, 0) is 45.0 Å². The van der Waals surface area contributed by atoms with E-state index in [1.807, 2.05) is 31.5 Å². The third-order valence-corrected chi connectivity index (χ3v) is 4.82. The summed E-state index contributed by atoms with van der Waals surface area (Å²) in [7, 11) is 0. The summed E-state index contributed by atoms with van der Waals surface area (Å²) in [5.41, 5.74) is 1.31. The van der Waals surface area contributed by atoms with Gasteiger partial charge in [-0.15, -0.1) is 0 Å². The molecule has 0 saturated carbocycles. The number of carbonyl (C=O) groups is 2. The van der Waals surface area contributed by atoms with Crippen LogP contribution in [0.25, 0.3) is 0 Å². The van der Waals surface area contributed by atoms with Crippen LogP contribution in [0.5, 0.6) is 0 Å². The molecule has 1 N–H and O–H groups in total. The van der Waals surface area contributed by atoms with Crippen LogP contribution >= 0.6 is 11.8 Å². The molecule has 0 aliphatic heterocycles. The van der Waals surface area contributed by atoms with E-state index in [-0.39, 0.29) is 17.6 Å². The molecule has 1 aromatic heterocycles. The molecule has 0 unspecified atom stereocenters. The van der Waals surface area contributed by atoms with Gasteiger partial charge in [0.05, 0.1) is 5.75 Å². The van der Waals surface area contributed by atoms with Gasteiger partial charge in [0, 0.05) is 43.3 Å². The highest BCUT2D eigenvalue weighted by Gasteiger charge is 2.12. The number of hydrogen-bond acceptors (Lipinski definition) is 4. The number of nitrogens with one attached hydrogen (secondary N) is 1. The number of aryl methyl sites for hydroxylation is 1. The molecule has 0 aliphatic rings. The van der Waals surface area contributed by atoms with Crippen molar-refractivity contribution in [2.45, 2.75) is 32.5 Å². The Hall–Kier alpha value is -2.28. The van der Waals surface area contributed by atoms with E-state index in [9.17, 15) is 9.59 Å². The van der Waals surface area contributed by atoms with Crippen LogP contribution in [0.2, 0.25) is 0 Å². The van der Waals surface area contributed by atoms with Gasteiger partial charge in [0.25, 0.3) is 5.91 Å². The van der Waals surface area contributed by atoms with Crippen molar-refractivity contribution in [3.63, 3.8) is 0 Å². The third-order valence-electron chi connectivity index (χ3n) is 3.82. The van der Waals surface area contributed by atoms with Gasteiger partial charge in [-0.25, -0.2) is 4.98 Å². The number of amides is 2. The van der Waals surface area contributed by atoms with Crippen LogP contribution in [-0.4, -0.2) is 45.1 Å². The lowest BCUT2D eigenvalue weighted by Gasteiger charge is -2.18. The number of thioether (sulfide) groups is 1. The normalized spacial score (nSPS) is 10.5. The molecule has 6 nitrogen and oxygen atoms in total. The van der Waals surface area contributed by atoms with Crippen molar-refractivity contribution in [1.82, 2.24) is 14.5 Å². The van der Waals surface area contributed by atoms with E-state index >= 15 is 0 Å². The first-order valence-corrected chi connectivity index (χ1v) is 9.40. The average Bonchev–Trinajstić information content (AvgIpc) is 3.09. The van der Waals surface area contributed by atoms with Crippen LogP contribution < -0.4 is 5.32 Å². The highest BCUT2D eigenvalue weighted by molar-refractivity contribution is 7.99. The number of anilines is 1. The van der Waals surface area contributed by atoms with Gasteiger partial charge in [-0.3, -0.25) is 9.59 Å². The van der Waals surface area contributed by atoms with Gasteiger partial charge >= 0.3 is 0 Å². The molecule has 2 aromatic rings. The van der Waals surface area contributed by atoms with Crippen LogP contribution in [0.3, 0.4) is 0 Å². The quantitative estimate of drug-likeness (QED) is 0.735. The van der Waals surface area contributed by atoms with Crippen molar-refractivity contribution < 1.29 is 9.59 Å². The molecule has 2 amide bonds. The Kier molecular flexibility index (Phi) is 7.06. The molecule has 25 heavy (non-hydrogen) atoms. The van der Waals surface area contributed by atoms with Crippen molar-refractivity contribution in [3.8, 4) is 0 Å².